The van der Waals surface area contributed by atoms with Crippen LogP contribution in [-0.4, -0.2) is 34.8 Å². The summed E-state index contributed by atoms with van der Waals surface area (Å²) in [6.45, 7) is 4.54. The van der Waals surface area contributed by atoms with Gasteiger partial charge in [0.25, 0.3) is 11.8 Å². The van der Waals surface area contributed by atoms with Crippen molar-refractivity contribution in [1.82, 2.24) is 9.88 Å². The van der Waals surface area contributed by atoms with Crippen LogP contribution in [0.15, 0.2) is 59.3 Å². The lowest BCUT2D eigenvalue weighted by Gasteiger charge is -2.30. The average Bonchev–Trinajstić information content (AvgIpc) is 3.22. The number of carbonyl (C=O) groups excluding carboxylic acids is 2. The molecule has 1 aromatic heterocycles. The summed E-state index contributed by atoms with van der Waals surface area (Å²) in [5.74, 6) is -1.45. The first-order valence-corrected chi connectivity index (χ1v) is 11.8. The smallest absolute Gasteiger partial charge is 0.350 e. The molecular formula is C25H21BrF7N3O2. The number of benzene rings is 2. The van der Waals surface area contributed by atoms with Crippen LogP contribution >= 0.6 is 15.9 Å². The normalized spacial score (nSPS) is 12.5. The molecule has 13 heteroatoms. The van der Waals surface area contributed by atoms with E-state index in [1.807, 2.05) is 0 Å². The minimum absolute atomic E-state index is 0.0261. The molecule has 0 aliphatic carbocycles. The lowest BCUT2D eigenvalue weighted by Crippen LogP contribution is -2.50. The van der Waals surface area contributed by atoms with Gasteiger partial charge in [-0.1, -0.05) is 18.2 Å². The van der Waals surface area contributed by atoms with Crippen LogP contribution in [0.5, 0.6) is 0 Å². The molecule has 0 bridgehead atoms. The van der Waals surface area contributed by atoms with Crippen LogP contribution in [-0.2, 0) is 5.67 Å². The number of hydrogen-bond acceptors (Lipinski definition) is 2. The minimum atomic E-state index is -6.27. The van der Waals surface area contributed by atoms with E-state index in [1.54, 1.807) is 42.8 Å². The second kappa shape index (κ2) is 10.4. The third kappa shape index (κ3) is 5.42. The van der Waals surface area contributed by atoms with Crippen LogP contribution in [0.1, 0.15) is 45.7 Å². The van der Waals surface area contributed by atoms with Gasteiger partial charge >= 0.3 is 18.0 Å². The summed E-state index contributed by atoms with van der Waals surface area (Å²) in [6, 6.07) is 8.96. The number of amides is 2. The summed E-state index contributed by atoms with van der Waals surface area (Å²) in [6.07, 6.45) is -10.9. The Morgan fingerprint density at radius 2 is 1.53 bits per heavy atom. The van der Waals surface area contributed by atoms with Crippen LogP contribution in [0.3, 0.4) is 0 Å². The van der Waals surface area contributed by atoms with Gasteiger partial charge in [-0.25, -0.2) is 4.39 Å². The van der Waals surface area contributed by atoms with Gasteiger partial charge in [-0.05, 0) is 72.6 Å². The number of hydrogen-bond donors (Lipinski definition) is 2. The number of nitrogens with one attached hydrogen (secondary N) is 2. The molecule has 204 valence electrons. The van der Waals surface area contributed by atoms with E-state index < -0.39 is 35.4 Å². The molecule has 0 aliphatic rings. The van der Waals surface area contributed by atoms with Crippen molar-refractivity contribution in [2.45, 2.75) is 44.8 Å². The van der Waals surface area contributed by atoms with Crippen molar-refractivity contribution in [2.24, 2.45) is 0 Å². The second-order valence-corrected chi connectivity index (χ2v) is 9.48. The van der Waals surface area contributed by atoms with Gasteiger partial charge in [-0.2, -0.15) is 26.3 Å². The van der Waals surface area contributed by atoms with Crippen molar-refractivity contribution in [3.05, 3.63) is 81.6 Å². The average molecular weight is 608 g/mol. The van der Waals surface area contributed by atoms with Gasteiger partial charge < -0.3 is 15.2 Å². The first kappa shape index (κ1) is 29.2. The quantitative estimate of drug-likeness (QED) is 0.290. The summed E-state index contributed by atoms with van der Waals surface area (Å²) in [5, 5.41) is 5.09. The summed E-state index contributed by atoms with van der Waals surface area (Å²) in [4.78, 5) is 26.3. The Labute approximate surface area is 221 Å². The van der Waals surface area contributed by atoms with Crippen LogP contribution in [0.4, 0.5) is 36.4 Å². The molecule has 0 atom stereocenters. The topological polar surface area (TPSA) is 63.1 Å². The molecule has 3 aromatic rings. The van der Waals surface area contributed by atoms with Crippen molar-refractivity contribution in [2.75, 3.05) is 5.32 Å². The Bertz CT molecular complexity index is 1350. The van der Waals surface area contributed by atoms with Crippen molar-refractivity contribution < 1.29 is 40.3 Å². The van der Waals surface area contributed by atoms with Gasteiger partial charge in [0.2, 0.25) is 0 Å². The molecule has 0 radical (unpaired) electrons. The highest BCUT2D eigenvalue weighted by Crippen LogP contribution is 2.53. The summed E-state index contributed by atoms with van der Waals surface area (Å²) < 4.78 is 95.4. The molecule has 0 spiro atoms. The van der Waals surface area contributed by atoms with Gasteiger partial charge in [-0.15, -0.1) is 0 Å². The number of anilines is 1. The maximum atomic E-state index is 14.4. The van der Waals surface area contributed by atoms with Gasteiger partial charge in [0.05, 0.1) is 21.4 Å². The van der Waals surface area contributed by atoms with Crippen LogP contribution in [0, 0.1) is 6.92 Å². The van der Waals surface area contributed by atoms with E-state index in [2.05, 4.69) is 26.6 Å². The molecule has 0 unspecified atom stereocenters. The maximum absolute atomic E-state index is 14.4. The van der Waals surface area contributed by atoms with Gasteiger partial charge in [0.15, 0.2) is 0 Å². The Balaban J connectivity index is 2.06. The van der Waals surface area contributed by atoms with Crippen molar-refractivity contribution in [3.8, 4) is 5.69 Å². The highest BCUT2D eigenvalue weighted by atomic mass is 79.9. The number of rotatable bonds is 6. The van der Waals surface area contributed by atoms with Crippen LogP contribution in [0.25, 0.3) is 5.69 Å². The zero-order valence-corrected chi connectivity index (χ0v) is 21.6. The van der Waals surface area contributed by atoms with E-state index in [0.717, 1.165) is 13.0 Å². The van der Waals surface area contributed by atoms with Crippen molar-refractivity contribution in [3.63, 3.8) is 0 Å². The van der Waals surface area contributed by atoms with Crippen molar-refractivity contribution >= 4 is 33.4 Å². The van der Waals surface area contributed by atoms with E-state index in [-0.39, 0.29) is 28.4 Å². The van der Waals surface area contributed by atoms with E-state index in [0.29, 0.717) is 22.4 Å². The molecule has 0 fully saturated rings. The fourth-order valence-electron chi connectivity index (χ4n) is 3.75. The number of aromatic nitrogens is 1. The molecule has 2 N–H and O–H groups in total. The van der Waals surface area contributed by atoms with E-state index in [9.17, 15) is 40.3 Å². The molecule has 0 saturated heterocycles. The molecule has 0 aliphatic heterocycles. The minimum Gasteiger partial charge on any atom is -0.350 e. The van der Waals surface area contributed by atoms with E-state index in [4.69, 9.17) is 0 Å². The third-order valence-corrected chi connectivity index (χ3v) is 6.19. The Morgan fingerprint density at radius 3 is 2.03 bits per heavy atom. The lowest BCUT2D eigenvalue weighted by molar-refractivity contribution is -0.348. The molecule has 38 heavy (non-hydrogen) atoms. The number of nitrogens with zero attached hydrogens (tertiary/aromatic N) is 1. The molecule has 5 nitrogen and oxygen atoms in total. The van der Waals surface area contributed by atoms with Gasteiger partial charge in [-0.3, -0.25) is 9.59 Å². The first-order valence-electron chi connectivity index (χ1n) is 11.0. The lowest BCUT2D eigenvalue weighted by atomic mass is 9.92. The molecule has 3 rings (SSSR count). The number of halogens is 8. The molecule has 2 aromatic carbocycles. The fraction of sp³-hybridized carbons (Fsp3) is 0.280. The van der Waals surface area contributed by atoms with E-state index in [1.165, 1.54) is 12.1 Å². The molecule has 1 heterocycles. The fourth-order valence-corrected chi connectivity index (χ4v) is 4.22. The number of aryl methyl sites for hydroxylation is 1. The summed E-state index contributed by atoms with van der Waals surface area (Å²) >= 11 is 3.35. The van der Waals surface area contributed by atoms with Crippen molar-refractivity contribution in [1.29, 1.82) is 0 Å². The summed E-state index contributed by atoms with van der Waals surface area (Å²) in [5.41, 5.74) is -7.52. The number of carbonyl (C=O) groups is 2. The predicted octanol–water partition coefficient (Wildman–Crippen LogP) is 7.23. The highest BCUT2D eigenvalue weighted by molar-refractivity contribution is 9.10. The molecular weight excluding hydrogens is 587 g/mol. The molecule has 0 saturated carbocycles. The predicted molar refractivity (Wildman–Crippen MR) is 130 cm³/mol. The Kier molecular flexibility index (Phi) is 8.02. The first-order chi connectivity index (χ1) is 17.5. The van der Waals surface area contributed by atoms with E-state index >= 15 is 0 Å². The summed E-state index contributed by atoms with van der Waals surface area (Å²) in [7, 11) is 0. The number of alkyl halides is 7. The Morgan fingerprint density at radius 1 is 0.895 bits per heavy atom. The Hall–Kier alpha value is -3.35. The van der Waals surface area contributed by atoms with Gasteiger partial charge in [0, 0.05) is 23.5 Å². The molecule has 2 amide bonds. The van der Waals surface area contributed by atoms with Crippen LogP contribution < -0.4 is 10.6 Å². The maximum Gasteiger partial charge on any atom is 0.435 e. The highest BCUT2D eigenvalue weighted by Gasteiger charge is 2.73. The zero-order chi connectivity index (χ0) is 28.6. The standard InChI is InChI=1S/C25H21BrF7N3O2/c1-13(2)34-22(38)20-16(6-4-7-18(20)36-11-5-8-19(36)26)21(37)35-17-10-9-15(12-14(17)3)23(27,24(28,29)30)25(31,32)33/h4-13H,1-3H3,(H,34,38)(H,35,37). The van der Waals surface area contributed by atoms with Gasteiger partial charge in [0.1, 0.15) is 0 Å². The second-order valence-electron chi connectivity index (χ2n) is 8.67. The largest absolute Gasteiger partial charge is 0.435 e. The third-order valence-electron chi connectivity index (χ3n) is 5.55. The van der Waals surface area contributed by atoms with Crippen LogP contribution in [0.2, 0.25) is 0 Å². The zero-order valence-electron chi connectivity index (χ0n) is 20.1. The monoisotopic (exact) mass is 607 g/mol. The SMILES string of the molecule is Cc1cc(C(F)(C(F)(F)F)C(F)(F)F)ccc1NC(=O)c1cccc(-n2cccc2Br)c1C(=O)NC(C)C.